The molecule has 34 heavy (non-hydrogen) atoms. The quantitative estimate of drug-likeness (QED) is 0.180. The summed E-state index contributed by atoms with van der Waals surface area (Å²) < 4.78 is 0. The molecule has 0 fully saturated rings. The lowest BCUT2D eigenvalue weighted by Crippen LogP contribution is -2.61. The molecule has 0 aromatic carbocycles. The van der Waals surface area contributed by atoms with Crippen molar-refractivity contribution in [2.24, 2.45) is 17.6 Å². The van der Waals surface area contributed by atoms with Gasteiger partial charge in [0.15, 0.2) is 0 Å². The predicted molar refractivity (Wildman–Crippen MR) is 124 cm³/mol. The molecule has 1 aromatic rings. The third kappa shape index (κ3) is 8.41. The van der Waals surface area contributed by atoms with Gasteiger partial charge < -0.3 is 36.9 Å². The Morgan fingerprint density at radius 1 is 0.971 bits per heavy atom. The van der Waals surface area contributed by atoms with Crippen LogP contribution in [0.5, 0.6) is 0 Å². The van der Waals surface area contributed by atoms with Crippen LogP contribution in [0, 0.1) is 11.8 Å². The predicted octanol–water partition coefficient (Wildman–Crippen LogP) is -0.708. The van der Waals surface area contributed by atoms with E-state index < -0.39 is 54.0 Å². The number of hydrogen-bond donors (Lipinski definition) is 7. The number of carbonyl (C=O) groups is 4. The molecule has 1 heterocycles. The Balaban J connectivity index is 2.97. The number of carbonyl (C=O) groups excluding carboxylic acids is 3. The number of hydrogen-bond acceptors (Lipinski definition) is 7. The van der Waals surface area contributed by atoms with E-state index in [1.165, 1.54) is 19.4 Å². The average Bonchev–Trinajstić information content (AvgIpc) is 3.31. The molecule has 8 N–H and O–H groups in total. The molecular weight excluding hydrogens is 444 g/mol. The highest BCUT2D eigenvalue weighted by atomic mass is 16.4. The van der Waals surface area contributed by atoms with Gasteiger partial charge in [0.25, 0.3) is 0 Å². The van der Waals surface area contributed by atoms with Crippen molar-refractivity contribution < 1.29 is 29.4 Å². The molecule has 0 saturated carbocycles. The topological polar surface area (TPSA) is 200 Å². The van der Waals surface area contributed by atoms with E-state index in [1.54, 1.807) is 6.92 Å². The van der Waals surface area contributed by atoms with Gasteiger partial charge in [0.1, 0.15) is 18.1 Å². The van der Waals surface area contributed by atoms with Crippen LogP contribution in [-0.4, -0.2) is 74.1 Å². The number of carboxylic acid groups (broad SMARTS) is 1. The van der Waals surface area contributed by atoms with Gasteiger partial charge in [-0.25, -0.2) is 9.78 Å². The van der Waals surface area contributed by atoms with Gasteiger partial charge in [0, 0.05) is 18.3 Å². The van der Waals surface area contributed by atoms with Crippen LogP contribution in [0.2, 0.25) is 0 Å². The average molecular weight is 483 g/mol. The molecule has 12 nitrogen and oxygen atoms in total. The lowest BCUT2D eigenvalue weighted by Gasteiger charge is -2.29. The van der Waals surface area contributed by atoms with E-state index in [9.17, 15) is 29.4 Å². The third-order valence-corrected chi connectivity index (χ3v) is 6.01. The van der Waals surface area contributed by atoms with Crippen LogP contribution in [0.3, 0.4) is 0 Å². The maximum atomic E-state index is 13.0. The van der Waals surface area contributed by atoms with E-state index >= 15 is 0 Å². The van der Waals surface area contributed by atoms with Crippen molar-refractivity contribution in [3.8, 4) is 0 Å². The molecule has 1 aromatic heterocycles. The van der Waals surface area contributed by atoms with Crippen molar-refractivity contribution in [1.29, 1.82) is 0 Å². The Morgan fingerprint density at radius 2 is 1.53 bits per heavy atom. The van der Waals surface area contributed by atoms with Crippen LogP contribution in [-0.2, 0) is 25.6 Å². The Morgan fingerprint density at radius 3 is 2.00 bits per heavy atom. The third-order valence-electron chi connectivity index (χ3n) is 6.01. The molecule has 3 amide bonds. The van der Waals surface area contributed by atoms with E-state index in [0.29, 0.717) is 18.5 Å². The normalized spacial score (nSPS) is 17.4. The molecule has 7 atom stereocenters. The molecule has 7 unspecified atom stereocenters. The van der Waals surface area contributed by atoms with Crippen LogP contribution in [0.4, 0.5) is 0 Å². The van der Waals surface area contributed by atoms with Gasteiger partial charge in [-0.05, 0) is 18.8 Å². The van der Waals surface area contributed by atoms with Crippen molar-refractivity contribution in [3.05, 3.63) is 18.2 Å². The SMILES string of the molecule is CCC(C)C(N)C(=O)NC(C(=O)NC(C(=O)NC(Cc1cnc[nH]1)C(=O)O)C(C)O)C(C)CC. The van der Waals surface area contributed by atoms with Crippen molar-refractivity contribution >= 4 is 23.7 Å². The number of rotatable bonds is 14. The minimum Gasteiger partial charge on any atom is -0.480 e. The van der Waals surface area contributed by atoms with E-state index in [4.69, 9.17) is 5.73 Å². The van der Waals surface area contributed by atoms with Crippen molar-refractivity contribution in [3.63, 3.8) is 0 Å². The Hall–Kier alpha value is -2.99. The number of amides is 3. The molecule has 0 aliphatic heterocycles. The number of aromatic amines is 1. The summed E-state index contributed by atoms with van der Waals surface area (Å²) in [4.78, 5) is 56.6. The van der Waals surface area contributed by atoms with Crippen LogP contribution < -0.4 is 21.7 Å². The zero-order valence-corrected chi connectivity index (χ0v) is 20.4. The molecular formula is C22H38N6O6. The van der Waals surface area contributed by atoms with Gasteiger partial charge in [-0.15, -0.1) is 0 Å². The number of aromatic nitrogens is 2. The smallest absolute Gasteiger partial charge is 0.326 e. The fourth-order valence-electron chi connectivity index (χ4n) is 3.19. The van der Waals surface area contributed by atoms with Crippen molar-refractivity contribution in [2.45, 2.75) is 84.2 Å². The summed E-state index contributed by atoms with van der Waals surface area (Å²) in [5.74, 6) is -3.72. The highest BCUT2D eigenvalue weighted by Crippen LogP contribution is 2.12. The number of nitrogens with zero attached hydrogens (tertiary/aromatic N) is 1. The monoisotopic (exact) mass is 482 g/mol. The lowest BCUT2D eigenvalue weighted by molar-refractivity contribution is -0.143. The molecule has 0 radical (unpaired) electrons. The molecule has 1 rings (SSSR count). The highest BCUT2D eigenvalue weighted by Gasteiger charge is 2.34. The van der Waals surface area contributed by atoms with Crippen LogP contribution in [0.15, 0.2) is 12.5 Å². The Kier molecular flexibility index (Phi) is 11.7. The largest absolute Gasteiger partial charge is 0.480 e. The summed E-state index contributed by atoms with van der Waals surface area (Å²) in [6, 6.07) is -4.56. The number of aliphatic hydroxyl groups is 1. The molecule has 192 valence electrons. The lowest BCUT2D eigenvalue weighted by atomic mass is 9.95. The summed E-state index contributed by atoms with van der Waals surface area (Å²) in [7, 11) is 0. The molecule has 0 saturated heterocycles. The first kappa shape index (κ1) is 29.0. The first-order chi connectivity index (χ1) is 15.9. The minimum absolute atomic E-state index is 0.0688. The minimum atomic E-state index is -1.44. The maximum Gasteiger partial charge on any atom is 0.326 e. The molecule has 0 spiro atoms. The summed E-state index contributed by atoms with van der Waals surface area (Å²) in [6.45, 7) is 8.64. The van der Waals surface area contributed by atoms with Crippen LogP contribution in [0.25, 0.3) is 0 Å². The zero-order chi connectivity index (χ0) is 26.0. The first-order valence-electron chi connectivity index (χ1n) is 11.5. The van der Waals surface area contributed by atoms with Gasteiger partial charge in [-0.1, -0.05) is 40.5 Å². The standard InChI is InChI=1S/C22H38N6O6/c1-6-11(3)16(23)19(30)27-17(12(4)7-2)20(31)28-18(13(5)29)21(32)26-15(22(33)34)8-14-9-24-10-25-14/h9-13,15-18,29H,6-8,23H2,1-5H3,(H,24,25)(H,26,32)(H,27,30)(H,28,31)(H,33,34). The van der Waals surface area contributed by atoms with E-state index in [2.05, 4.69) is 25.9 Å². The van der Waals surface area contributed by atoms with E-state index in [1.807, 2.05) is 20.8 Å². The first-order valence-corrected chi connectivity index (χ1v) is 11.5. The van der Waals surface area contributed by atoms with Gasteiger partial charge in [0.2, 0.25) is 17.7 Å². The number of aliphatic carboxylic acids is 1. The number of nitrogens with two attached hydrogens (primary N) is 1. The van der Waals surface area contributed by atoms with Gasteiger partial charge in [0.05, 0.1) is 18.5 Å². The zero-order valence-electron chi connectivity index (χ0n) is 20.4. The molecule has 0 aliphatic rings. The van der Waals surface area contributed by atoms with Crippen LogP contribution >= 0.6 is 0 Å². The summed E-state index contributed by atoms with van der Waals surface area (Å²) in [5, 5.41) is 27.1. The number of imidazole rings is 1. The van der Waals surface area contributed by atoms with Crippen LogP contribution in [0.1, 0.15) is 53.2 Å². The van der Waals surface area contributed by atoms with Gasteiger partial charge in [-0.2, -0.15) is 0 Å². The Labute approximate surface area is 199 Å². The van der Waals surface area contributed by atoms with Gasteiger partial charge in [-0.3, -0.25) is 14.4 Å². The highest BCUT2D eigenvalue weighted by molar-refractivity contribution is 5.94. The number of aliphatic hydroxyl groups excluding tert-OH is 1. The van der Waals surface area contributed by atoms with E-state index in [-0.39, 0.29) is 18.3 Å². The Bertz CT molecular complexity index is 815. The molecule has 0 bridgehead atoms. The summed E-state index contributed by atoms with van der Waals surface area (Å²) >= 11 is 0. The fourth-order valence-corrected chi connectivity index (χ4v) is 3.19. The van der Waals surface area contributed by atoms with E-state index in [0.717, 1.165) is 0 Å². The number of H-pyrrole nitrogens is 1. The second-order valence-corrected chi connectivity index (χ2v) is 8.69. The number of carboxylic acids is 1. The van der Waals surface area contributed by atoms with Gasteiger partial charge >= 0.3 is 5.97 Å². The van der Waals surface area contributed by atoms with Crippen molar-refractivity contribution in [1.82, 2.24) is 25.9 Å². The summed E-state index contributed by atoms with van der Waals surface area (Å²) in [5.41, 5.74) is 6.48. The second-order valence-electron chi connectivity index (χ2n) is 8.69. The molecule has 12 heteroatoms. The number of nitrogens with one attached hydrogen (secondary N) is 4. The fraction of sp³-hybridized carbons (Fsp3) is 0.682. The van der Waals surface area contributed by atoms with Crippen molar-refractivity contribution in [2.75, 3.05) is 0 Å². The molecule has 0 aliphatic carbocycles. The maximum absolute atomic E-state index is 13.0. The summed E-state index contributed by atoms with van der Waals surface area (Å²) in [6.07, 6.45) is 2.64. The second kappa shape index (κ2) is 13.7.